The van der Waals surface area contributed by atoms with Gasteiger partial charge in [0.2, 0.25) is 0 Å². The van der Waals surface area contributed by atoms with Gasteiger partial charge in [-0.15, -0.1) is 0 Å². The molecule has 0 aromatic rings. The number of hydrogen-bond acceptors (Lipinski definition) is 10. The van der Waals surface area contributed by atoms with Crippen LogP contribution in [0, 0.1) is 0 Å². The van der Waals surface area contributed by atoms with E-state index in [1.165, 1.54) is 28.1 Å². The Kier molecular flexibility index (Phi) is 8.59. The maximum absolute atomic E-state index is 11.5. The molecule has 10 nitrogen and oxygen atoms in total. The van der Waals surface area contributed by atoms with E-state index < -0.39 is 42.8 Å². The summed E-state index contributed by atoms with van der Waals surface area (Å²) in [4.78, 5) is 24.9. The highest BCUT2D eigenvalue weighted by molar-refractivity contribution is 5.66. The van der Waals surface area contributed by atoms with Crippen molar-refractivity contribution in [1.82, 2.24) is 4.90 Å². The fourth-order valence-corrected chi connectivity index (χ4v) is 3.66. The van der Waals surface area contributed by atoms with E-state index in [0.29, 0.717) is 6.61 Å². The minimum atomic E-state index is -0.812. The third kappa shape index (κ3) is 5.62. The summed E-state index contributed by atoms with van der Waals surface area (Å²) in [6, 6.07) is -0.244. The van der Waals surface area contributed by atoms with Crippen LogP contribution in [0.5, 0.6) is 0 Å². The zero-order valence-electron chi connectivity index (χ0n) is 17.3. The molecule has 28 heavy (non-hydrogen) atoms. The second kappa shape index (κ2) is 10.5. The third-order valence-electron chi connectivity index (χ3n) is 4.81. The van der Waals surface area contributed by atoms with Crippen molar-refractivity contribution in [1.29, 1.82) is 0 Å². The minimum Gasteiger partial charge on any atom is -0.458 e. The molecule has 2 fully saturated rings. The van der Waals surface area contributed by atoms with Crippen molar-refractivity contribution < 1.29 is 42.7 Å². The molecule has 0 amide bonds. The van der Waals surface area contributed by atoms with Crippen LogP contribution in [0.15, 0.2) is 0 Å². The Morgan fingerprint density at radius 1 is 0.857 bits per heavy atom. The van der Waals surface area contributed by atoms with Gasteiger partial charge < -0.3 is 38.1 Å². The highest BCUT2D eigenvalue weighted by atomic mass is 16.7. The first kappa shape index (κ1) is 23.0. The van der Waals surface area contributed by atoms with Gasteiger partial charge in [-0.25, -0.2) is 0 Å². The largest absolute Gasteiger partial charge is 0.458 e. The van der Waals surface area contributed by atoms with Gasteiger partial charge in [0.05, 0.1) is 25.9 Å². The van der Waals surface area contributed by atoms with Gasteiger partial charge in [-0.2, -0.15) is 0 Å². The van der Waals surface area contributed by atoms with E-state index in [1.807, 2.05) is 19.0 Å². The molecule has 0 radical (unpaired) electrons. The van der Waals surface area contributed by atoms with Crippen molar-refractivity contribution >= 4 is 11.9 Å². The van der Waals surface area contributed by atoms with Crippen LogP contribution in [0.25, 0.3) is 0 Å². The van der Waals surface area contributed by atoms with E-state index in [1.54, 1.807) is 0 Å². The standard InChI is InChI=1S/C18H31NO9/c1-10(20)26-12-7-24-8-13(15(12)19(3)4)28-18-17(23-6)16(27-11(2)21)14(22-5)9-25-18/h12-18H,7-9H2,1-6H3. The lowest BCUT2D eigenvalue weighted by molar-refractivity contribution is -0.307. The first-order chi connectivity index (χ1) is 13.3. The summed E-state index contributed by atoms with van der Waals surface area (Å²) in [7, 11) is 6.75. The average Bonchev–Trinajstić information content (AvgIpc) is 2.61. The number of ether oxygens (including phenoxy) is 7. The molecular formula is C18H31NO9. The molecule has 2 aliphatic rings. The van der Waals surface area contributed by atoms with Crippen LogP contribution >= 0.6 is 0 Å². The number of nitrogens with zero attached hydrogens (tertiary/aromatic N) is 1. The Morgan fingerprint density at radius 2 is 1.50 bits per heavy atom. The Balaban J connectivity index is 2.16. The average molecular weight is 405 g/mol. The molecule has 2 rings (SSSR count). The summed E-state index contributed by atoms with van der Waals surface area (Å²) in [6.45, 7) is 3.43. The topological polar surface area (TPSA) is 102 Å². The van der Waals surface area contributed by atoms with Crippen molar-refractivity contribution in [3.63, 3.8) is 0 Å². The summed E-state index contributed by atoms with van der Waals surface area (Å²) in [5.74, 6) is -0.834. The summed E-state index contributed by atoms with van der Waals surface area (Å²) in [5, 5.41) is 0. The van der Waals surface area contributed by atoms with Crippen LogP contribution in [-0.2, 0) is 42.7 Å². The van der Waals surface area contributed by atoms with Gasteiger partial charge >= 0.3 is 11.9 Å². The van der Waals surface area contributed by atoms with E-state index >= 15 is 0 Å². The summed E-state index contributed by atoms with van der Waals surface area (Å²) in [5.41, 5.74) is 0. The van der Waals surface area contributed by atoms with Crippen LogP contribution in [-0.4, -0.2) is 108 Å². The van der Waals surface area contributed by atoms with E-state index in [-0.39, 0.29) is 25.2 Å². The zero-order chi connectivity index (χ0) is 20.8. The van der Waals surface area contributed by atoms with Crippen molar-refractivity contribution in [3.05, 3.63) is 0 Å². The Bertz CT molecular complexity index is 529. The number of methoxy groups -OCH3 is 2. The van der Waals surface area contributed by atoms with Crippen LogP contribution in [0.1, 0.15) is 13.8 Å². The van der Waals surface area contributed by atoms with Crippen LogP contribution < -0.4 is 0 Å². The monoisotopic (exact) mass is 405 g/mol. The maximum atomic E-state index is 11.5. The SMILES string of the molecule is COC1COC(OC2COCC(OC(C)=O)C2N(C)C)C(OC)C1OC(C)=O. The molecule has 2 heterocycles. The second-order valence-corrected chi connectivity index (χ2v) is 7.06. The maximum Gasteiger partial charge on any atom is 0.303 e. The lowest BCUT2D eigenvalue weighted by atomic mass is 10.0. The Labute approximate surface area is 165 Å². The van der Waals surface area contributed by atoms with Gasteiger partial charge in [0.1, 0.15) is 24.4 Å². The molecule has 0 N–H and O–H groups in total. The molecule has 10 heteroatoms. The van der Waals surface area contributed by atoms with Crippen molar-refractivity contribution in [2.75, 3.05) is 48.1 Å². The van der Waals surface area contributed by atoms with E-state index in [0.717, 1.165) is 0 Å². The predicted molar refractivity (Wildman–Crippen MR) is 95.6 cm³/mol. The number of rotatable bonds is 7. The van der Waals surface area contributed by atoms with Gasteiger partial charge in [-0.1, -0.05) is 0 Å². The fraction of sp³-hybridized carbons (Fsp3) is 0.889. The van der Waals surface area contributed by atoms with Gasteiger partial charge in [0, 0.05) is 28.1 Å². The number of likely N-dealkylation sites (N-methyl/N-ethyl adjacent to an activating group) is 1. The second-order valence-electron chi connectivity index (χ2n) is 7.06. The molecule has 2 saturated heterocycles. The summed E-state index contributed by atoms with van der Waals surface area (Å²) in [6.07, 6.45) is -3.60. The van der Waals surface area contributed by atoms with E-state index in [9.17, 15) is 9.59 Å². The first-order valence-electron chi connectivity index (χ1n) is 9.19. The highest BCUT2D eigenvalue weighted by Gasteiger charge is 2.47. The normalized spacial score (nSPS) is 36.2. The van der Waals surface area contributed by atoms with Crippen molar-refractivity contribution in [2.45, 2.75) is 56.7 Å². The number of carbonyl (C=O) groups is 2. The smallest absolute Gasteiger partial charge is 0.303 e. The molecule has 7 atom stereocenters. The number of esters is 2. The number of hydrogen-bond donors (Lipinski definition) is 0. The quantitative estimate of drug-likeness (QED) is 0.519. The van der Waals surface area contributed by atoms with Crippen LogP contribution in [0.2, 0.25) is 0 Å². The van der Waals surface area contributed by atoms with E-state index in [4.69, 9.17) is 33.2 Å². The van der Waals surface area contributed by atoms with Gasteiger partial charge in [0.25, 0.3) is 0 Å². The van der Waals surface area contributed by atoms with Gasteiger partial charge in [-0.05, 0) is 14.1 Å². The lowest BCUT2D eigenvalue weighted by Crippen LogP contribution is -2.62. The van der Waals surface area contributed by atoms with E-state index in [2.05, 4.69) is 0 Å². The van der Waals surface area contributed by atoms with Crippen molar-refractivity contribution in [3.8, 4) is 0 Å². The molecule has 7 unspecified atom stereocenters. The van der Waals surface area contributed by atoms with Crippen LogP contribution in [0.4, 0.5) is 0 Å². The molecule has 2 aliphatic heterocycles. The van der Waals surface area contributed by atoms with Gasteiger partial charge in [0.15, 0.2) is 12.4 Å². The Hall–Kier alpha value is -1.30. The molecular weight excluding hydrogens is 374 g/mol. The predicted octanol–water partition coefficient (Wildman–Crippen LogP) is -0.418. The third-order valence-corrected chi connectivity index (χ3v) is 4.81. The van der Waals surface area contributed by atoms with Crippen molar-refractivity contribution in [2.24, 2.45) is 0 Å². The molecule has 0 bridgehead atoms. The molecule has 162 valence electrons. The summed E-state index contributed by atoms with van der Waals surface area (Å²) < 4.78 is 39.3. The fourth-order valence-electron chi connectivity index (χ4n) is 3.66. The minimum absolute atomic E-state index is 0.173. The summed E-state index contributed by atoms with van der Waals surface area (Å²) >= 11 is 0. The molecule has 0 aromatic heterocycles. The first-order valence-corrected chi connectivity index (χ1v) is 9.19. The number of carbonyl (C=O) groups excluding carboxylic acids is 2. The lowest BCUT2D eigenvalue weighted by Gasteiger charge is -2.45. The molecule has 0 aliphatic carbocycles. The highest BCUT2D eigenvalue weighted by Crippen LogP contribution is 2.28. The Morgan fingerprint density at radius 3 is 2.04 bits per heavy atom. The zero-order valence-corrected chi connectivity index (χ0v) is 17.3. The molecule has 0 saturated carbocycles. The van der Waals surface area contributed by atoms with Crippen LogP contribution in [0.3, 0.4) is 0 Å². The molecule has 0 aromatic carbocycles. The molecule has 0 spiro atoms. The van der Waals surface area contributed by atoms with Gasteiger partial charge in [-0.3, -0.25) is 9.59 Å².